The van der Waals surface area contributed by atoms with Gasteiger partial charge in [-0.05, 0) is 43.7 Å². The van der Waals surface area contributed by atoms with E-state index in [0.717, 1.165) is 22.6 Å². The molecular formula is C23H25N7O3. The molecule has 10 nitrogen and oxygen atoms in total. The van der Waals surface area contributed by atoms with E-state index in [9.17, 15) is 4.79 Å². The molecule has 0 saturated carbocycles. The molecule has 1 N–H and O–H groups in total. The van der Waals surface area contributed by atoms with Gasteiger partial charge in [-0.15, -0.1) is 0 Å². The highest BCUT2D eigenvalue weighted by molar-refractivity contribution is 5.98. The van der Waals surface area contributed by atoms with Crippen LogP contribution in [0.3, 0.4) is 0 Å². The summed E-state index contributed by atoms with van der Waals surface area (Å²) in [5.41, 5.74) is 3.82. The maximum atomic E-state index is 13.0. The minimum Gasteiger partial charge on any atom is -0.491 e. The van der Waals surface area contributed by atoms with Crippen LogP contribution in [-0.4, -0.2) is 58.4 Å². The van der Waals surface area contributed by atoms with Crippen LogP contribution in [-0.2, 0) is 19.4 Å². The van der Waals surface area contributed by atoms with E-state index in [0.29, 0.717) is 36.7 Å². The van der Waals surface area contributed by atoms with Gasteiger partial charge in [-0.3, -0.25) is 9.48 Å². The van der Waals surface area contributed by atoms with Crippen LogP contribution in [0.25, 0.3) is 17.2 Å². The normalized spacial score (nSPS) is 12.8. The molecule has 4 heterocycles. The van der Waals surface area contributed by atoms with Gasteiger partial charge in [-0.25, -0.2) is 14.3 Å². The van der Waals surface area contributed by atoms with E-state index >= 15 is 0 Å². The van der Waals surface area contributed by atoms with Crippen molar-refractivity contribution in [3.63, 3.8) is 0 Å². The Morgan fingerprint density at radius 2 is 2.12 bits per heavy atom. The second-order valence-electron chi connectivity index (χ2n) is 8.27. The second-order valence-corrected chi connectivity index (χ2v) is 8.27. The van der Waals surface area contributed by atoms with Crippen molar-refractivity contribution in [2.45, 2.75) is 39.3 Å². The fraction of sp³-hybridized carbons (Fsp3) is 0.348. The Labute approximate surface area is 190 Å². The van der Waals surface area contributed by atoms with Crippen LogP contribution in [0.5, 0.6) is 5.75 Å². The van der Waals surface area contributed by atoms with Gasteiger partial charge in [0.05, 0.1) is 26.0 Å². The first-order chi connectivity index (χ1) is 16.0. The van der Waals surface area contributed by atoms with Gasteiger partial charge in [-0.1, -0.05) is 0 Å². The average molecular weight is 447 g/mol. The van der Waals surface area contributed by atoms with Gasteiger partial charge in [0.15, 0.2) is 11.6 Å². The van der Waals surface area contributed by atoms with Crippen molar-refractivity contribution in [3.8, 4) is 23.0 Å². The monoisotopic (exact) mass is 447 g/mol. The number of nitrogens with zero attached hydrogens (tertiary/aromatic N) is 7. The van der Waals surface area contributed by atoms with Crippen LogP contribution in [0, 0.1) is 0 Å². The van der Waals surface area contributed by atoms with Gasteiger partial charge in [0, 0.05) is 36.3 Å². The zero-order chi connectivity index (χ0) is 22.9. The SMILES string of the molecule is CC(C)n1ncnc1-c1cc2n(n1)-c1cc(C(=O)Cc3cnn(CCO)c3)ccc1OCC2. The molecule has 0 saturated heterocycles. The van der Waals surface area contributed by atoms with Crippen molar-refractivity contribution in [3.05, 3.63) is 59.8 Å². The lowest BCUT2D eigenvalue weighted by Crippen LogP contribution is -2.07. The smallest absolute Gasteiger partial charge is 0.178 e. The summed E-state index contributed by atoms with van der Waals surface area (Å²) in [5, 5.41) is 22.3. The number of hydrogen-bond donors (Lipinski definition) is 1. The Hall–Kier alpha value is -3.79. The molecule has 0 spiro atoms. The standard InChI is InChI=1S/C23H25N7O3/c1-15(2)29-23(24-14-26-29)19-11-18-5-8-33-22-4-3-17(10-20(22)30(18)27-19)21(32)9-16-12-25-28(13-16)6-7-31/h3-4,10-15,31H,5-9H2,1-2H3. The molecule has 5 rings (SSSR count). The zero-order valence-electron chi connectivity index (χ0n) is 18.5. The Bertz CT molecular complexity index is 1300. The molecule has 0 unspecified atom stereocenters. The fourth-order valence-electron chi connectivity index (χ4n) is 3.98. The van der Waals surface area contributed by atoms with Crippen molar-refractivity contribution in [2.75, 3.05) is 13.2 Å². The predicted molar refractivity (Wildman–Crippen MR) is 120 cm³/mol. The number of Topliss-reactive ketones (excluding diaryl/α,β-unsaturated/α-hetero) is 1. The van der Waals surface area contributed by atoms with Crippen LogP contribution in [0.15, 0.2) is 43.0 Å². The van der Waals surface area contributed by atoms with Crippen LogP contribution in [0.4, 0.5) is 0 Å². The van der Waals surface area contributed by atoms with Crippen LogP contribution in [0.2, 0.25) is 0 Å². The first-order valence-electron chi connectivity index (χ1n) is 10.9. The van der Waals surface area contributed by atoms with Crippen LogP contribution < -0.4 is 4.74 Å². The number of hydrogen-bond acceptors (Lipinski definition) is 7. The summed E-state index contributed by atoms with van der Waals surface area (Å²) in [7, 11) is 0. The maximum absolute atomic E-state index is 13.0. The number of rotatable bonds is 7. The highest BCUT2D eigenvalue weighted by Crippen LogP contribution is 2.31. The molecule has 1 aromatic carbocycles. The van der Waals surface area contributed by atoms with Crippen LogP contribution in [0.1, 0.15) is 41.5 Å². The molecular weight excluding hydrogens is 422 g/mol. The fourth-order valence-corrected chi connectivity index (χ4v) is 3.98. The van der Waals surface area contributed by atoms with Gasteiger partial charge >= 0.3 is 0 Å². The predicted octanol–water partition coefficient (Wildman–Crippen LogP) is 2.26. The molecule has 0 aliphatic carbocycles. The Morgan fingerprint density at radius 1 is 1.24 bits per heavy atom. The van der Waals surface area contributed by atoms with E-state index < -0.39 is 0 Å². The number of aliphatic hydroxyl groups excluding tert-OH is 1. The third-order valence-corrected chi connectivity index (χ3v) is 5.58. The molecule has 0 atom stereocenters. The van der Waals surface area contributed by atoms with E-state index in [1.165, 1.54) is 6.33 Å². The summed E-state index contributed by atoms with van der Waals surface area (Å²) in [6, 6.07) is 7.60. The van der Waals surface area contributed by atoms with Gasteiger partial charge < -0.3 is 9.84 Å². The Kier molecular flexibility index (Phi) is 5.51. The lowest BCUT2D eigenvalue weighted by atomic mass is 10.0. The summed E-state index contributed by atoms with van der Waals surface area (Å²) in [4.78, 5) is 17.4. The molecule has 170 valence electrons. The topological polar surface area (TPSA) is 113 Å². The lowest BCUT2D eigenvalue weighted by Gasteiger charge is -2.11. The quantitative estimate of drug-likeness (QED) is 0.432. The Morgan fingerprint density at radius 3 is 2.94 bits per heavy atom. The van der Waals surface area contributed by atoms with Crippen molar-refractivity contribution < 1.29 is 14.6 Å². The number of aliphatic hydroxyl groups is 1. The molecule has 1 aliphatic heterocycles. The van der Waals surface area contributed by atoms with Crippen molar-refractivity contribution in [2.24, 2.45) is 0 Å². The summed E-state index contributed by atoms with van der Waals surface area (Å²) < 4.78 is 11.2. The van der Waals surface area contributed by atoms with Crippen LogP contribution >= 0.6 is 0 Å². The van der Waals surface area contributed by atoms with E-state index in [4.69, 9.17) is 14.9 Å². The molecule has 0 fully saturated rings. The minimum atomic E-state index is -0.0286. The van der Waals surface area contributed by atoms with Crippen molar-refractivity contribution >= 4 is 5.78 Å². The minimum absolute atomic E-state index is 0.00154. The van der Waals surface area contributed by atoms with Gasteiger partial charge in [0.25, 0.3) is 0 Å². The van der Waals surface area contributed by atoms with Crippen molar-refractivity contribution in [1.82, 2.24) is 34.3 Å². The molecule has 10 heteroatoms. The van der Waals surface area contributed by atoms with Gasteiger partial charge in [0.2, 0.25) is 0 Å². The molecule has 4 aromatic rings. The molecule has 0 radical (unpaired) electrons. The largest absolute Gasteiger partial charge is 0.491 e. The number of carbonyl (C=O) groups is 1. The summed E-state index contributed by atoms with van der Waals surface area (Å²) in [6.07, 6.45) is 5.88. The van der Waals surface area contributed by atoms with Gasteiger partial charge in [-0.2, -0.15) is 15.3 Å². The highest BCUT2D eigenvalue weighted by Gasteiger charge is 2.22. The lowest BCUT2D eigenvalue weighted by molar-refractivity contribution is 0.0993. The summed E-state index contributed by atoms with van der Waals surface area (Å²) in [6.45, 7) is 5.02. The number of ketones is 1. The number of carbonyl (C=O) groups excluding carboxylic acids is 1. The van der Waals surface area contributed by atoms with E-state index in [1.807, 2.05) is 41.4 Å². The van der Waals surface area contributed by atoms with Crippen molar-refractivity contribution in [1.29, 1.82) is 0 Å². The molecule has 0 amide bonds. The molecule has 0 bridgehead atoms. The third-order valence-electron chi connectivity index (χ3n) is 5.58. The number of benzene rings is 1. The second kappa shape index (κ2) is 8.62. The van der Waals surface area contributed by atoms with E-state index in [2.05, 4.69) is 15.2 Å². The zero-order valence-corrected chi connectivity index (χ0v) is 18.5. The number of fused-ring (bicyclic) bond motifs is 3. The molecule has 3 aromatic heterocycles. The van der Waals surface area contributed by atoms with E-state index in [1.54, 1.807) is 23.1 Å². The maximum Gasteiger partial charge on any atom is 0.178 e. The number of ether oxygens (including phenoxy) is 1. The summed E-state index contributed by atoms with van der Waals surface area (Å²) in [5.74, 6) is 1.36. The van der Waals surface area contributed by atoms with E-state index in [-0.39, 0.29) is 24.9 Å². The first-order valence-corrected chi connectivity index (χ1v) is 10.9. The average Bonchev–Trinajstić information content (AvgIpc) is 3.52. The highest BCUT2D eigenvalue weighted by atomic mass is 16.5. The molecule has 1 aliphatic rings. The molecule has 33 heavy (non-hydrogen) atoms. The first kappa shape index (κ1) is 21.1. The van der Waals surface area contributed by atoms with Gasteiger partial charge in [0.1, 0.15) is 23.5 Å². The Balaban J connectivity index is 1.48. The summed E-state index contributed by atoms with van der Waals surface area (Å²) >= 11 is 0. The third kappa shape index (κ3) is 4.05. The number of aromatic nitrogens is 7.